The van der Waals surface area contributed by atoms with Crippen LogP contribution in [0.25, 0.3) is 0 Å². The zero-order valence-electron chi connectivity index (χ0n) is 13.1. The highest BCUT2D eigenvalue weighted by molar-refractivity contribution is 7.89. The van der Waals surface area contributed by atoms with E-state index in [0.717, 1.165) is 0 Å². The van der Waals surface area contributed by atoms with E-state index >= 15 is 0 Å². The van der Waals surface area contributed by atoms with Gasteiger partial charge in [-0.05, 0) is 24.5 Å². The lowest BCUT2D eigenvalue weighted by molar-refractivity contribution is -0.142. The molecule has 8 heteroatoms. The van der Waals surface area contributed by atoms with E-state index in [2.05, 4.69) is 4.72 Å². The van der Waals surface area contributed by atoms with Crippen molar-refractivity contribution in [3.8, 4) is 11.5 Å². The second-order valence-corrected chi connectivity index (χ2v) is 7.53. The largest absolute Gasteiger partial charge is 0.486 e. The lowest BCUT2D eigenvalue weighted by atomic mass is 9.98. The summed E-state index contributed by atoms with van der Waals surface area (Å²) in [6.45, 7) is 4.25. The monoisotopic (exact) mass is 343 g/mol. The highest BCUT2D eigenvalue weighted by Crippen LogP contribution is 2.36. The average Bonchev–Trinajstić information content (AvgIpc) is 2.50. The van der Waals surface area contributed by atoms with E-state index in [1.54, 1.807) is 12.1 Å². The molecule has 0 spiro atoms. The zero-order chi connectivity index (χ0) is 17.0. The molecule has 0 saturated heterocycles. The van der Waals surface area contributed by atoms with Gasteiger partial charge in [-0.2, -0.15) is 0 Å². The van der Waals surface area contributed by atoms with Gasteiger partial charge in [-0.1, -0.05) is 19.9 Å². The van der Waals surface area contributed by atoms with Gasteiger partial charge in [0.25, 0.3) is 0 Å². The average molecular weight is 343 g/mol. The smallest absolute Gasteiger partial charge is 0.307 e. The molecule has 1 aromatic rings. The highest BCUT2D eigenvalue weighted by Gasteiger charge is 2.27. The lowest BCUT2D eigenvalue weighted by Crippen LogP contribution is -2.34. The number of aliphatic carboxylic acids is 1. The number of carbonyl (C=O) groups is 1. The predicted octanol–water partition coefficient (Wildman–Crippen LogP) is 1.48. The third-order valence-corrected chi connectivity index (χ3v) is 4.89. The van der Waals surface area contributed by atoms with Gasteiger partial charge in [-0.15, -0.1) is 0 Å². The minimum Gasteiger partial charge on any atom is -0.486 e. The molecular weight excluding hydrogens is 322 g/mol. The summed E-state index contributed by atoms with van der Waals surface area (Å²) in [5.74, 6) is -1.10. The summed E-state index contributed by atoms with van der Waals surface area (Å²) in [6.07, 6.45) is 0.393. The van der Waals surface area contributed by atoms with Crippen molar-refractivity contribution in [1.29, 1.82) is 0 Å². The van der Waals surface area contributed by atoms with E-state index < -0.39 is 21.9 Å². The summed E-state index contributed by atoms with van der Waals surface area (Å²) < 4.78 is 38.1. The molecule has 1 aliphatic heterocycles. The van der Waals surface area contributed by atoms with Crippen LogP contribution in [-0.2, 0) is 14.8 Å². The maximum absolute atomic E-state index is 12.5. The Morgan fingerprint density at radius 1 is 1.30 bits per heavy atom. The number of hydrogen-bond donors (Lipinski definition) is 2. The van der Waals surface area contributed by atoms with E-state index in [4.69, 9.17) is 9.47 Å². The first kappa shape index (κ1) is 17.6. The van der Waals surface area contributed by atoms with Crippen LogP contribution in [-0.4, -0.2) is 39.3 Å². The van der Waals surface area contributed by atoms with Gasteiger partial charge in [0, 0.05) is 6.54 Å². The third kappa shape index (κ3) is 4.35. The Labute approximate surface area is 135 Å². The van der Waals surface area contributed by atoms with E-state index in [-0.39, 0.29) is 29.7 Å². The molecule has 23 heavy (non-hydrogen) atoms. The molecule has 0 bridgehead atoms. The summed E-state index contributed by atoms with van der Waals surface area (Å²) in [4.78, 5) is 11.2. The van der Waals surface area contributed by atoms with Crippen LogP contribution in [0, 0.1) is 11.8 Å². The Morgan fingerprint density at radius 3 is 2.65 bits per heavy atom. The molecule has 128 valence electrons. The van der Waals surface area contributed by atoms with E-state index in [9.17, 15) is 18.3 Å². The normalized spacial score (nSPS) is 15.4. The first-order chi connectivity index (χ1) is 10.8. The third-order valence-electron chi connectivity index (χ3n) is 3.44. The molecule has 0 radical (unpaired) electrons. The Balaban J connectivity index is 2.17. The maximum Gasteiger partial charge on any atom is 0.307 e. The number of fused-ring (bicyclic) bond motifs is 1. The first-order valence-corrected chi connectivity index (χ1v) is 8.90. The van der Waals surface area contributed by atoms with Crippen LogP contribution >= 0.6 is 0 Å². The van der Waals surface area contributed by atoms with Crippen molar-refractivity contribution >= 4 is 16.0 Å². The number of hydrogen-bond acceptors (Lipinski definition) is 5. The van der Waals surface area contributed by atoms with Crippen LogP contribution in [0.5, 0.6) is 11.5 Å². The number of para-hydroxylation sites is 1. The number of benzene rings is 1. The van der Waals surface area contributed by atoms with Crippen molar-refractivity contribution in [1.82, 2.24) is 4.72 Å². The summed E-state index contributed by atoms with van der Waals surface area (Å²) in [5.41, 5.74) is 0. The van der Waals surface area contributed by atoms with Crippen LogP contribution in [0.4, 0.5) is 0 Å². The molecule has 1 unspecified atom stereocenters. The van der Waals surface area contributed by atoms with E-state index in [0.29, 0.717) is 18.8 Å². The topological polar surface area (TPSA) is 102 Å². The highest BCUT2D eigenvalue weighted by atomic mass is 32.2. The van der Waals surface area contributed by atoms with Crippen LogP contribution in [0.2, 0.25) is 0 Å². The van der Waals surface area contributed by atoms with Gasteiger partial charge in [-0.3, -0.25) is 4.79 Å². The van der Waals surface area contributed by atoms with Gasteiger partial charge in [0.2, 0.25) is 10.0 Å². The molecular formula is C15H21NO6S. The molecule has 0 amide bonds. The van der Waals surface area contributed by atoms with Gasteiger partial charge >= 0.3 is 5.97 Å². The molecule has 2 rings (SSSR count). The summed E-state index contributed by atoms with van der Waals surface area (Å²) >= 11 is 0. The van der Waals surface area contributed by atoms with Crippen LogP contribution in [0.1, 0.15) is 20.3 Å². The number of sulfonamides is 1. The van der Waals surface area contributed by atoms with E-state index in [1.807, 2.05) is 13.8 Å². The number of carboxylic acid groups (broad SMARTS) is 1. The Hall–Kier alpha value is -1.80. The number of ether oxygens (including phenoxy) is 2. The van der Waals surface area contributed by atoms with Crippen molar-refractivity contribution in [2.75, 3.05) is 19.8 Å². The molecule has 0 fully saturated rings. The second-order valence-electron chi connectivity index (χ2n) is 5.80. The molecule has 1 atom stereocenters. The second kappa shape index (κ2) is 7.18. The summed E-state index contributed by atoms with van der Waals surface area (Å²) in [6, 6.07) is 4.60. The fourth-order valence-corrected chi connectivity index (χ4v) is 3.62. The Kier molecular flexibility index (Phi) is 5.48. The Morgan fingerprint density at radius 2 is 2.00 bits per heavy atom. The fourth-order valence-electron chi connectivity index (χ4n) is 2.39. The summed E-state index contributed by atoms with van der Waals surface area (Å²) in [7, 11) is -3.88. The van der Waals surface area contributed by atoms with Crippen molar-refractivity contribution in [2.45, 2.75) is 25.2 Å². The molecule has 7 nitrogen and oxygen atoms in total. The molecule has 2 N–H and O–H groups in total. The van der Waals surface area contributed by atoms with Gasteiger partial charge in [0.05, 0.1) is 5.92 Å². The lowest BCUT2D eigenvalue weighted by Gasteiger charge is -2.21. The van der Waals surface area contributed by atoms with Crippen molar-refractivity contribution in [3.05, 3.63) is 18.2 Å². The van der Waals surface area contributed by atoms with Crippen LogP contribution in [0.3, 0.4) is 0 Å². The predicted molar refractivity (Wildman–Crippen MR) is 83.2 cm³/mol. The van der Waals surface area contributed by atoms with Gasteiger partial charge < -0.3 is 14.6 Å². The minimum atomic E-state index is -3.88. The number of carboxylic acids is 1. The Bertz CT molecular complexity index is 671. The fraction of sp³-hybridized carbons (Fsp3) is 0.533. The molecule has 0 aliphatic carbocycles. The molecule has 1 aromatic carbocycles. The molecule has 1 aliphatic rings. The van der Waals surface area contributed by atoms with Gasteiger partial charge in [0.15, 0.2) is 11.5 Å². The van der Waals surface area contributed by atoms with Crippen molar-refractivity contribution < 1.29 is 27.8 Å². The van der Waals surface area contributed by atoms with Gasteiger partial charge in [-0.25, -0.2) is 13.1 Å². The van der Waals surface area contributed by atoms with Crippen LogP contribution in [0.15, 0.2) is 23.1 Å². The zero-order valence-corrected chi connectivity index (χ0v) is 13.9. The van der Waals surface area contributed by atoms with Crippen molar-refractivity contribution in [3.63, 3.8) is 0 Å². The minimum absolute atomic E-state index is 0.0385. The number of nitrogens with one attached hydrogen (secondary N) is 1. The molecule has 0 aromatic heterocycles. The number of rotatable bonds is 7. The summed E-state index contributed by atoms with van der Waals surface area (Å²) in [5, 5.41) is 9.20. The van der Waals surface area contributed by atoms with Gasteiger partial charge in [0.1, 0.15) is 18.1 Å². The maximum atomic E-state index is 12.5. The molecule has 1 heterocycles. The SMILES string of the molecule is CC(C)CC(CNS(=O)(=O)c1cccc2c1OCCO2)C(=O)O. The quantitative estimate of drug-likeness (QED) is 0.777. The standard InChI is InChI=1S/C15H21NO6S/c1-10(2)8-11(15(17)18)9-16-23(19,20)13-5-3-4-12-14(13)22-7-6-21-12/h3-5,10-11,16H,6-9H2,1-2H3,(H,17,18). The molecule has 0 saturated carbocycles. The first-order valence-electron chi connectivity index (χ1n) is 7.42. The van der Waals surface area contributed by atoms with Crippen molar-refractivity contribution in [2.24, 2.45) is 11.8 Å². The van der Waals surface area contributed by atoms with Crippen LogP contribution < -0.4 is 14.2 Å². The van der Waals surface area contributed by atoms with E-state index in [1.165, 1.54) is 6.07 Å².